The molecule has 1 fully saturated rings. The lowest BCUT2D eigenvalue weighted by atomic mass is 10.1. The molecule has 0 aromatic heterocycles. The molecular formula is C22H36N4O4S. The zero-order valence-electron chi connectivity index (χ0n) is 19.4. The number of nitrogens with one attached hydrogen (secondary N) is 2. The molecule has 1 aromatic carbocycles. The summed E-state index contributed by atoms with van der Waals surface area (Å²) in [4.78, 5) is 29.1. The van der Waals surface area contributed by atoms with Gasteiger partial charge in [0.2, 0.25) is 10.0 Å². The van der Waals surface area contributed by atoms with Gasteiger partial charge in [0.1, 0.15) is 0 Å². The minimum atomic E-state index is -3.32. The molecule has 174 valence electrons. The first-order chi connectivity index (χ1) is 14.4. The number of nitrogens with zero attached hydrogens (tertiary/aromatic N) is 2. The first-order valence-corrected chi connectivity index (χ1v) is 12.5. The number of hydrogen-bond donors (Lipinski definition) is 2. The van der Waals surface area contributed by atoms with Crippen molar-refractivity contribution < 1.29 is 18.0 Å². The lowest BCUT2D eigenvalue weighted by Crippen LogP contribution is -2.48. The summed E-state index contributed by atoms with van der Waals surface area (Å²) in [6, 6.07) is 6.70. The number of piperidine rings is 1. The quantitative estimate of drug-likeness (QED) is 0.663. The van der Waals surface area contributed by atoms with Gasteiger partial charge in [-0.05, 0) is 72.6 Å². The van der Waals surface area contributed by atoms with Crippen LogP contribution in [0, 0.1) is 0 Å². The number of hydrogen-bond acceptors (Lipinski definition) is 4. The lowest BCUT2D eigenvalue weighted by Gasteiger charge is -2.32. The van der Waals surface area contributed by atoms with Gasteiger partial charge in [-0.25, -0.2) is 17.9 Å². The first-order valence-electron chi connectivity index (χ1n) is 10.9. The maximum Gasteiger partial charge on any atom is 0.321 e. The summed E-state index contributed by atoms with van der Waals surface area (Å²) in [6.45, 7) is 12.1. The molecule has 1 heterocycles. The predicted molar refractivity (Wildman–Crippen MR) is 124 cm³/mol. The molecule has 0 aliphatic carbocycles. The van der Waals surface area contributed by atoms with Crippen LogP contribution in [0.25, 0.3) is 0 Å². The second-order valence-corrected chi connectivity index (χ2v) is 11.2. The van der Waals surface area contributed by atoms with Crippen molar-refractivity contribution in [1.82, 2.24) is 14.5 Å². The van der Waals surface area contributed by atoms with Gasteiger partial charge in [0.25, 0.3) is 5.91 Å². The van der Waals surface area contributed by atoms with Gasteiger partial charge in [0.15, 0.2) is 0 Å². The summed E-state index contributed by atoms with van der Waals surface area (Å²) >= 11 is 0. The van der Waals surface area contributed by atoms with E-state index in [-0.39, 0.29) is 30.1 Å². The Morgan fingerprint density at radius 1 is 1.03 bits per heavy atom. The van der Waals surface area contributed by atoms with Crippen molar-refractivity contribution in [2.45, 2.75) is 77.8 Å². The Labute approximate surface area is 186 Å². The van der Waals surface area contributed by atoms with Gasteiger partial charge in [0.05, 0.1) is 5.25 Å². The van der Waals surface area contributed by atoms with Crippen molar-refractivity contribution in [2.75, 3.05) is 18.4 Å². The van der Waals surface area contributed by atoms with Gasteiger partial charge < -0.3 is 15.1 Å². The molecule has 0 spiro atoms. The molecular weight excluding hydrogens is 416 g/mol. The Balaban J connectivity index is 1.98. The molecule has 1 saturated heterocycles. The van der Waals surface area contributed by atoms with Crippen LogP contribution in [0.15, 0.2) is 24.3 Å². The molecule has 0 unspecified atom stereocenters. The van der Waals surface area contributed by atoms with Crippen molar-refractivity contribution in [2.24, 2.45) is 0 Å². The third kappa shape index (κ3) is 6.67. The molecule has 1 aromatic rings. The monoisotopic (exact) mass is 452 g/mol. The molecule has 0 bridgehead atoms. The zero-order chi connectivity index (χ0) is 23.3. The van der Waals surface area contributed by atoms with E-state index in [1.807, 2.05) is 32.6 Å². The van der Waals surface area contributed by atoms with Gasteiger partial charge in [-0.3, -0.25) is 4.79 Å². The summed E-state index contributed by atoms with van der Waals surface area (Å²) in [5.74, 6) is -0.0700. The van der Waals surface area contributed by atoms with E-state index < -0.39 is 15.3 Å². The predicted octanol–water partition coefficient (Wildman–Crippen LogP) is 3.27. The molecule has 0 saturated carbocycles. The fraction of sp³-hybridized carbons (Fsp3) is 0.636. The van der Waals surface area contributed by atoms with Crippen LogP contribution < -0.4 is 10.0 Å². The number of carbonyl (C=O) groups is 2. The number of anilines is 1. The van der Waals surface area contributed by atoms with Crippen LogP contribution in [0.1, 0.15) is 64.7 Å². The standard InChI is InChI=1S/C22H36N4O4S/c1-15(2)26(16(3)4)21(27)18-8-7-9-20(14-18)23-22(28)25-12-10-19(11-13-25)24-31(29,30)17(5)6/h7-9,14-17,19,24H,10-13H2,1-6H3,(H,23,28). The first kappa shape index (κ1) is 25.1. The normalized spacial score (nSPS) is 15.6. The molecule has 1 aliphatic heterocycles. The van der Waals surface area contributed by atoms with E-state index in [4.69, 9.17) is 0 Å². The molecule has 3 amide bonds. The van der Waals surface area contributed by atoms with Crippen LogP contribution in [-0.2, 0) is 10.0 Å². The minimum Gasteiger partial charge on any atom is -0.334 e. The molecule has 9 heteroatoms. The van der Waals surface area contributed by atoms with E-state index in [1.54, 1.807) is 43.0 Å². The molecule has 8 nitrogen and oxygen atoms in total. The maximum absolute atomic E-state index is 12.9. The van der Waals surface area contributed by atoms with E-state index in [9.17, 15) is 18.0 Å². The van der Waals surface area contributed by atoms with Crippen LogP contribution in [0.5, 0.6) is 0 Å². The zero-order valence-corrected chi connectivity index (χ0v) is 20.2. The molecule has 0 radical (unpaired) electrons. The average molecular weight is 453 g/mol. The lowest BCUT2D eigenvalue weighted by molar-refractivity contribution is 0.0643. The van der Waals surface area contributed by atoms with Crippen molar-refractivity contribution in [1.29, 1.82) is 0 Å². The molecule has 2 rings (SSSR count). The number of rotatable bonds is 7. The van der Waals surface area contributed by atoms with Crippen molar-refractivity contribution in [3.05, 3.63) is 29.8 Å². The average Bonchev–Trinajstić information content (AvgIpc) is 2.67. The molecule has 1 aliphatic rings. The van der Waals surface area contributed by atoms with Gasteiger partial charge in [-0.1, -0.05) is 6.07 Å². The number of likely N-dealkylation sites (tertiary alicyclic amines) is 1. The van der Waals surface area contributed by atoms with Crippen LogP contribution >= 0.6 is 0 Å². The van der Waals surface area contributed by atoms with Gasteiger partial charge in [-0.15, -0.1) is 0 Å². The Morgan fingerprint density at radius 2 is 1.61 bits per heavy atom. The second-order valence-electron chi connectivity index (χ2n) is 8.88. The van der Waals surface area contributed by atoms with Crippen LogP contribution in [0.2, 0.25) is 0 Å². The third-order valence-corrected chi connectivity index (χ3v) is 7.34. The fourth-order valence-corrected chi connectivity index (χ4v) is 4.69. The van der Waals surface area contributed by atoms with E-state index in [0.29, 0.717) is 37.2 Å². The third-order valence-electron chi connectivity index (χ3n) is 5.44. The summed E-state index contributed by atoms with van der Waals surface area (Å²) in [6.07, 6.45) is 1.13. The number of carbonyl (C=O) groups excluding carboxylic acids is 2. The van der Waals surface area contributed by atoms with E-state index in [1.165, 1.54) is 0 Å². The van der Waals surface area contributed by atoms with E-state index in [2.05, 4.69) is 10.0 Å². The Kier molecular flexibility index (Phi) is 8.48. The topological polar surface area (TPSA) is 98.8 Å². The van der Waals surface area contributed by atoms with Crippen LogP contribution in [0.4, 0.5) is 10.5 Å². The number of amides is 3. The van der Waals surface area contributed by atoms with Crippen molar-refractivity contribution in [3.8, 4) is 0 Å². The highest BCUT2D eigenvalue weighted by Crippen LogP contribution is 2.18. The van der Waals surface area contributed by atoms with Gasteiger partial charge in [0, 0.05) is 42.5 Å². The maximum atomic E-state index is 12.9. The largest absolute Gasteiger partial charge is 0.334 e. The second kappa shape index (κ2) is 10.5. The summed E-state index contributed by atoms with van der Waals surface area (Å²) in [5, 5.41) is 2.38. The van der Waals surface area contributed by atoms with Gasteiger partial charge >= 0.3 is 6.03 Å². The van der Waals surface area contributed by atoms with Crippen molar-refractivity contribution in [3.63, 3.8) is 0 Å². The highest BCUT2D eigenvalue weighted by molar-refractivity contribution is 7.90. The highest BCUT2D eigenvalue weighted by atomic mass is 32.2. The summed E-state index contributed by atoms with van der Waals surface area (Å²) in [5.41, 5.74) is 1.09. The van der Waals surface area contributed by atoms with Crippen molar-refractivity contribution >= 4 is 27.6 Å². The molecule has 2 N–H and O–H groups in total. The van der Waals surface area contributed by atoms with Crippen LogP contribution in [0.3, 0.4) is 0 Å². The highest BCUT2D eigenvalue weighted by Gasteiger charge is 2.27. The van der Waals surface area contributed by atoms with E-state index >= 15 is 0 Å². The Morgan fingerprint density at radius 3 is 2.13 bits per heavy atom. The number of benzene rings is 1. The smallest absolute Gasteiger partial charge is 0.321 e. The number of urea groups is 1. The van der Waals surface area contributed by atoms with Crippen LogP contribution in [-0.4, -0.2) is 66.6 Å². The van der Waals surface area contributed by atoms with Gasteiger partial charge in [-0.2, -0.15) is 0 Å². The Hall–Kier alpha value is -2.13. The fourth-order valence-electron chi connectivity index (χ4n) is 3.72. The Bertz CT molecular complexity index is 867. The summed E-state index contributed by atoms with van der Waals surface area (Å²) < 4.78 is 26.8. The molecule has 0 atom stereocenters. The van der Waals surface area contributed by atoms with E-state index in [0.717, 1.165) is 0 Å². The minimum absolute atomic E-state index is 0.0696. The molecule has 31 heavy (non-hydrogen) atoms. The SMILES string of the molecule is CC(C)N(C(=O)c1cccc(NC(=O)N2CCC(NS(=O)(=O)C(C)C)CC2)c1)C(C)C. The summed E-state index contributed by atoms with van der Waals surface area (Å²) in [7, 11) is -3.32. The number of sulfonamides is 1.